The van der Waals surface area contributed by atoms with Crippen LogP contribution < -0.4 is 36.7 Å². The fourth-order valence-electron chi connectivity index (χ4n) is 4.82. The van der Waals surface area contributed by atoms with E-state index in [9.17, 15) is 14.7 Å². The van der Waals surface area contributed by atoms with E-state index in [-0.39, 0.29) is 23.8 Å². The lowest BCUT2D eigenvalue weighted by molar-refractivity contribution is 0.137. The molecular formula is C32H44ClN3O6. The molecule has 42 heavy (non-hydrogen) atoms. The van der Waals surface area contributed by atoms with Crippen molar-refractivity contribution < 1.29 is 19.3 Å². The topological polar surface area (TPSA) is 132 Å². The van der Waals surface area contributed by atoms with E-state index in [2.05, 4.69) is 24.5 Å². The highest BCUT2D eigenvalue weighted by atomic mass is 35.5. The van der Waals surface area contributed by atoms with Gasteiger partial charge in [0.15, 0.2) is 11.5 Å². The van der Waals surface area contributed by atoms with E-state index in [0.717, 1.165) is 24.0 Å². The number of hydrogen-bond donors (Lipinski definition) is 4. The van der Waals surface area contributed by atoms with Crippen molar-refractivity contribution in [2.45, 2.75) is 51.7 Å². The van der Waals surface area contributed by atoms with Gasteiger partial charge in [0, 0.05) is 44.3 Å². The first-order valence-corrected chi connectivity index (χ1v) is 14.8. The molecule has 3 aromatic carbocycles. The molecule has 0 saturated heterocycles. The van der Waals surface area contributed by atoms with E-state index in [0.29, 0.717) is 55.0 Å². The van der Waals surface area contributed by atoms with Crippen LogP contribution in [0.1, 0.15) is 37.8 Å². The van der Waals surface area contributed by atoms with Crippen molar-refractivity contribution in [3.63, 3.8) is 0 Å². The van der Waals surface area contributed by atoms with E-state index >= 15 is 0 Å². The summed E-state index contributed by atoms with van der Waals surface area (Å²) in [5, 5.41) is 17.5. The van der Waals surface area contributed by atoms with Crippen molar-refractivity contribution in [2.24, 2.45) is 17.6 Å². The second-order valence-corrected chi connectivity index (χ2v) is 11.4. The van der Waals surface area contributed by atoms with Crippen molar-refractivity contribution in [3.8, 4) is 11.5 Å². The number of benzene rings is 2. The summed E-state index contributed by atoms with van der Waals surface area (Å²) < 4.78 is 16.5. The number of hydrogen-bond acceptors (Lipinski definition) is 9. The normalized spacial score (nSPS) is 13.6. The number of nitrogens with one attached hydrogen (secondary N) is 2. The number of aliphatic hydroxyl groups is 1. The lowest BCUT2D eigenvalue weighted by atomic mass is 9.83. The zero-order chi connectivity index (χ0) is 30.6. The Hall–Kier alpha value is -3.11. The third-order valence-electron chi connectivity index (χ3n) is 7.52. The Morgan fingerprint density at radius 1 is 0.929 bits per heavy atom. The molecule has 0 aliphatic carbocycles. The average molecular weight is 602 g/mol. The summed E-state index contributed by atoms with van der Waals surface area (Å²) in [5.41, 5.74) is 7.87. The monoisotopic (exact) mass is 601 g/mol. The van der Waals surface area contributed by atoms with Crippen LogP contribution >= 0.6 is 11.6 Å². The number of aliphatic hydroxyl groups excluding tert-OH is 1. The van der Waals surface area contributed by atoms with Gasteiger partial charge in [0.05, 0.1) is 19.8 Å². The third-order valence-corrected chi connectivity index (χ3v) is 7.77. The summed E-state index contributed by atoms with van der Waals surface area (Å²) in [4.78, 5) is 24.4. The largest absolute Gasteiger partial charge is 0.493 e. The van der Waals surface area contributed by atoms with Crippen LogP contribution in [0.15, 0.2) is 52.1 Å². The summed E-state index contributed by atoms with van der Waals surface area (Å²) in [7, 11) is 3.28. The summed E-state index contributed by atoms with van der Waals surface area (Å²) in [6, 6.07) is 12.8. The molecule has 0 unspecified atom stereocenters. The lowest BCUT2D eigenvalue weighted by Crippen LogP contribution is -2.44. The predicted octanol–water partition coefficient (Wildman–Crippen LogP) is 4.02. The lowest BCUT2D eigenvalue weighted by Gasteiger charge is -2.28. The predicted molar refractivity (Wildman–Crippen MR) is 169 cm³/mol. The van der Waals surface area contributed by atoms with Crippen LogP contribution in [0, 0.1) is 11.8 Å². The highest BCUT2D eigenvalue weighted by Gasteiger charge is 2.25. The van der Waals surface area contributed by atoms with E-state index in [1.165, 1.54) is 0 Å². The summed E-state index contributed by atoms with van der Waals surface area (Å²) in [6.07, 6.45) is 1.86. The maximum Gasteiger partial charge on any atom is 0.253 e. The fraction of sp³-hybridized carbons (Fsp3) is 0.500. The van der Waals surface area contributed by atoms with Gasteiger partial charge in [0.25, 0.3) is 10.9 Å². The van der Waals surface area contributed by atoms with E-state index in [4.69, 9.17) is 31.5 Å². The zero-order valence-corrected chi connectivity index (χ0v) is 25.7. The van der Waals surface area contributed by atoms with Crippen molar-refractivity contribution in [1.82, 2.24) is 0 Å². The Bertz CT molecular complexity index is 1320. The highest BCUT2D eigenvalue weighted by Crippen LogP contribution is 2.31. The quantitative estimate of drug-likeness (QED) is 0.119. The highest BCUT2D eigenvalue weighted by molar-refractivity contribution is 6.30. The number of halogens is 1. The fourth-order valence-corrected chi connectivity index (χ4v) is 4.94. The van der Waals surface area contributed by atoms with Crippen LogP contribution in [0.25, 0.3) is 0 Å². The van der Waals surface area contributed by atoms with Gasteiger partial charge in [-0.3, -0.25) is 9.59 Å². The molecule has 5 N–H and O–H groups in total. The molecule has 0 radical (unpaired) electrons. The first kappa shape index (κ1) is 33.4. The van der Waals surface area contributed by atoms with Crippen molar-refractivity contribution in [3.05, 3.63) is 79.1 Å². The molecule has 0 amide bonds. The minimum atomic E-state index is -0.909. The molecule has 10 heteroatoms. The Balaban J connectivity index is 1.54. The van der Waals surface area contributed by atoms with Crippen LogP contribution in [0.5, 0.6) is 11.5 Å². The van der Waals surface area contributed by atoms with Gasteiger partial charge in [0.2, 0.25) is 0 Å². The molecule has 0 saturated carbocycles. The molecule has 0 fully saturated rings. The van der Waals surface area contributed by atoms with Gasteiger partial charge in [-0.2, -0.15) is 0 Å². The van der Waals surface area contributed by atoms with Gasteiger partial charge >= 0.3 is 0 Å². The molecule has 0 spiro atoms. The van der Waals surface area contributed by atoms with Crippen LogP contribution in [0.4, 0.5) is 11.4 Å². The van der Waals surface area contributed by atoms with Gasteiger partial charge in [-0.25, -0.2) is 0 Å². The minimum absolute atomic E-state index is 0.0602. The third kappa shape index (κ3) is 9.46. The Kier molecular flexibility index (Phi) is 13.1. The number of nitrogens with two attached hydrogens (primary N) is 1. The van der Waals surface area contributed by atoms with Crippen LogP contribution in [-0.4, -0.2) is 57.8 Å². The molecular weight excluding hydrogens is 558 g/mol. The summed E-state index contributed by atoms with van der Waals surface area (Å²) >= 11 is 5.93. The van der Waals surface area contributed by atoms with Crippen LogP contribution in [0.3, 0.4) is 0 Å². The Morgan fingerprint density at radius 3 is 2.24 bits per heavy atom. The maximum atomic E-state index is 12.2. The van der Waals surface area contributed by atoms with E-state index in [1.807, 2.05) is 42.5 Å². The minimum Gasteiger partial charge on any atom is -0.493 e. The van der Waals surface area contributed by atoms with Gasteiger partial charge in [-0.15, -0.1) is 0 Å². The summed E-state index contributed by atoms with van der Waals surface area (Å²) in [5.74, 6) is 1.87. The standard InChI is InChI=1S/C32H44ClN3O6/c1-20(2)23(16-22-8-11-27(41-4)28(17-22)42-15-5-14-40-3)18-25(34)26(37)19-36-30-29(31(38)32(30)39)35-13-12-21-6-9-24(33)10-7-21/h6-11,17,20,23,25-26,35-37H,5,12-16,18-19,34H2,1-4H3/t23-,25-,26-/m0/s1. The number of anilines is 2. The molecule has 3 atom stereocenters. The molecule has 0 aliphatic heterocycles. The molecule has 0 aromatic heterocycles. The molecule has 0 aliphatic rings. The van der Waals surface area contributed by atoms with Crippen molar-refractivity contribution in [1.29, 1.82) is 0 Å². The summed E-state index contributed by atoms with van der Waals surface area (Å²) in [6.45, 7) is 5.96. The maximum absolute atomic E-state index is 12.2. The van der Waals surface area contributed by atoms with Crippen LogP contribution in [0.2, 0.25) is 5.02 Å². The Morgan fingerprint density at radius 2 is 1.60 bits per heavy atom. The first-order chi connectivity index (χ1) is 20.1. The molecule has 3 aromatic rings. The smallest absolute Gasteiger partial charge is 0.253 e. The van der Waals surface area contributed by atoms with Crippen molar-refractivity contribution in [2.75, 3.05) is 51.2 Å². The zero-order valence-electron chi connectivity index (χ0n) is 25.0. The van der Waals surface area contributed by atoms with Gasteiger partial charge in [-0.05, 0) is 66.5 Å². The molecule has 9 nitrogen and oxygen atoms in total. The second kappa shape index (κ2) is 16.5. The average Bonchev–Trinajstić information content (AvgIpc) is 2.98. The van der Waals surface area contributed by atoms with Gasteiger partial charge < -0.3 is 35.7 Å². The van der Waals surface area contributed by atoms with Gasteiger partial charge in [0.1, 0.15) is 11.4 Å². The number of ether oxygens (including phenoxy) is 3. The second-order valence-electron chi connectivity index (χ2n) is 10.9. The van der Waals surface area contributed by atoms with E-state index < -0.39 is 23.0 Å². The molecule has 0 heterocycles. The van der Waals surface area contributed by atoms with Crippen molar-refractivity contribution >= 4 is 23.0 Å². The Labute approximate surface area is 253 Å². The number of methoxy groups -OCH3 is 2. The molecule has 3 rings (SSSR count). The molecule has 0 bridgehead atoms. The number of rotatable bonds is 19. The first-order valence-electron chi connectivity index (χ1n) is 14.4. The van der Waals surface area contributed by atoms with Crippen LogP contribution in [-0.2, 0) is 17.6 Å². The molecule has 230 valence electrons. The SMILES string of the molecule is COCCCOc1cc(C[C@@H](C[C@H](N)[C@@H](O)CNc2c(NCCc3ccc(Cl)cc3)c(=O)c2=O)C(C)C)ccc1OC. The van der Waals surface area contributed by atoms with E-state index in [1.54, 1.807) is 14.2 Å². The van der Waals surface area contributed by atoms with Gasteiger partial charge in [-0.1, -0.05) is 43.6 Å².